The predicted molar refractivity (Wildman–Crippen MR) is 104 cm³/mol. The topological polar surface area (TPSA) is 34.9 Å². The van der Waals surface area contributed by atoms with Crippen molar-refractivity contribution in [1.82, 2.24) is 9.55 Å². The summed E-state index contributed by atoms with van der Waals surface area (Å²) in [5.74, 6) is 0.680. The van der Waals surface area contributed by atoms with E-state index in [2.05, 4.69) is 25.8 Å². The second-order valence-electron chi connectivity index (χ2n) is 8.15. The molecule has 0 fully saturated rings. The molecule has 0 saturated heterocycles. The Bertz CT molecular complexity index is 963. The standard InChI is InChI=1S/C21H24N2OS/c1-21(2,3)15-9-10-16-17(11-15)25-19-18(16)20(24)23(13-22-19)12-14-7-5-4-6-8-14/h4-8,13,15H,9-12H2,1-3H3/t15-/m1/s1. The van der Waals surface area contributed by atoms with Crippen LogP contribution >= 0.6 is 11.3 Å². The largest absolute Gasteiger partial charge is 0.294 e. The average molecular weight is 353 g/mol. The minimum atomic E-state index is 0.112. The fourth-order valence-electron chi connectivity index (χ4n) is 3.83. The third-order valence-electron chi connectivity index (χ3n) is 5.46. The van der Waals surface area contributed by atoms with Crippen molar-refractivity contribution in [2.45, 2.75) is 46.6 Å². The van der Waals surface area contributed by atoms with Crippen LogP contribution in [0.3, 0.4) is 0 Å². The molecule has 0 saturated carbocycles. The minimum absolute atomic E-state index is 0.112. The lowest BCUT2D eigenvalue weighted by Crippen LogP contribution is -2.27. The molecule has 0 aliphatic heterocycles. The van der Waals surface area contributed by atoms with E-state index in [1.54, 1.807) is 22.2 Å². The van der Waals surface area contributed by atoms with E-state index in [4.69, 9.17) is 0 Å². The molecular weight excluding hydrogens is 328 g/mol. The van der Waals surface area contributed by atoms with Crippen molar-refractivity contribution < 1.29 is 0 Å². The van der Waals surface area contributed by atoms with Gasteiger partial charge in [0.25, 0.3) is 5.56 Å². The zero-order valence-electron chi connectivity index (χ0n) is 15.1. The van der Waals surface area contributed by atoms with Gasteiger partial charge in [0.1, 0.15) is 4.83 Å². The minimum Gasteiger partial charge on any atom is -0.294 e. The predicted octanol–water partition coefficient (Wildman–Crippen LogP) is 4.66. The first-order valence-electron chi connectivity index (χ1n) is 8.97. The van der Waals surface area contributed by atoms with Gasteiger partial charge >= 0.3 is 0 Å². The zero-order valence-corrected chi connectivity index (χ0v) is 15.9. The molecule has 2 aromatic heterocycles. The number of hydrogen-bond donors (Lipinski definition) is 0. The highest BCUT2D eigenvalue weighted by molar-refractivity contribution is 7.18. The highest BCUT2D eigenvalue weighted by Crippen LogP contribution is 2.41. The van der Waals surface area contributed by atoms with Gasteiger partial charge in [0.2, 0.25) is 0 Å². The van der Waals surface area contributed by atoms with Gasteiger partial charge in [-0.3, -0.25) is 9.36 Å². The van der Waals surface area contributed by atoms with Crippen molar-refractivity contribution >= 4 is 21.6 Å². The molecule has 0 spiro atoms. The van der Waals surface area contributed by atoms with E-state index in [0.717, 1.165) is 35.0 Å². The van der Waals surface area contributed by atoms with Gasteiger partial charge in [-0.2, -0.15) is 0 Å². The summed E-state index contributed by atoms with van der Waals surface area (Å²) in [6.07, 6.45) is 4.96. The molecule has 4 rings (SSSR count). The van der Waals surface area contributed by atoms with Crippen molar-refractivity contribution in [3.8, 4) is 0 Å². The summed E-state index contributed by atoms with van der Waals surface area (Å²) in [7, 11) is 0. The Balaban J connectivity index is 1.75. The molecule has 0 bridgehead atoms. The van der Waals surface area contributed by atoms with Crippen LogP contribution in [0.25, 0.3) is 10.2 Å². The zero-order chi connectivity index (χ0) is 17.6. The third-order valence-corrected chi connectivity index (χ3v) is 6.62. The molecule has 1 atom stereocenters. The fourth-order valence-corrected chi connectivity index (χ4v) is 5.09. The van der Waals surface area contributed by atoms with Gasteiger partial charge < -0.3 is 0 Å². The number of nitrogens with zero attached hydrogens (tertiary/aromatic N) is 2. The Morgan fingerprint density at radius 3 is 2.72 bits per heavy atom. The van der Waals surface area contributed by atoms with Gasteiger partial charge in [0.15, 0.2) is 0 Å². The van der Waals surface area contributed by atoms with Crippen LogP contribution in [0.2, 0.25) is 0 Å². The average Bonchev–Trinajstić information content (AvgIpc) is 2.96. The van der Waals surface area contributed by atoms with Crippen molar-refractivity contribution in [2.75, 3.05) is 0 Å². The molecule has 0 radical (unpaired) electrons. The quantitative estimate of drug-likeness (QED) is 0.672. The molecule has 25 heavy (non-hydrogen) atoms. The van der Waals surface area contributed by atoms with Gasteiger partial charge in [0, 0.05) is 4.88 Å². The Labute approximate surface area is 152 Å². The maximum absolute atomic E-state index is 13.1. The molecular formula is C21H24N2OS. The summed E-state index contributed by atoms with van der Waals surface area (Å²) < 4.78 is 1.75. The van der Waals surface area contributed by atoms with Gasteiger partial charge in [0.05, 0.1) is 18.3 Å². The Morgan fingerprint density at radius 1 is 1.24 bits per heavy atom. The summed E-state index contributed by atoms with van der Waals surface area (Å²) in [6, 6.07) is 10.1. The first-order valence-corrected chi connectivity index (χ1v) is 9.79. The first-order chi connectivity index (χ1) is 11.9. The van der Waals surface area contributed by atoms with Crippen LogP contribution < -0.4 is 5.56 Å². The normalized spacial score (nSPS) is 17.6. The summed E-state index contributed by atoms with van der Waals surface area (Å²) >= 11 is 1.72. The molecule has 130 valence electrons. The van der Waals surface area contributed by atoms with E-state index >= 15 is 0 Å². The molecule has 2 heterocycles. The highest BCUT2D eigenvalue weighted by atomic mass is 32.1. The van der Waals surface area contributed by atoms with Crippen molar-refractivity contribution in [3.05, 3.63) is 63.0 Å². The lowest BCUT2D eigenvalue weighted by Gasteiger charge is -2.33. The number of aromatic nitrogens is 2. The number of fused-ring (bicyclic) bond motifs is 3. The van der Waals surface area contributed by atoms with E-state index in [1.807, 2.05) is 30.3 Å². The number of aryl methyl sites for hydroxylation is 1. The van der Waals surface area contributed by atoms with Crippen LogP contribution in [0, 0.1) is 11.3 Å². The molecule has 1 aliphatic rings. The van der Waals surface area contributed by atoms with E-state index in [0.29, 0.717) is 17.9 Å². The van der Waals surface area contributed by atoms with Gasteiger partial charge in [-0.05, 0) is 41.7 Å². The fraction of sp³-hybridized carbons (Fsp3) is 0.429. The third kappa shape index (κ3) is 3.04. The van der Waals surface area contributed by atoms with E-state index in [9.17, 15) is 4.79 Å². The lowest BCUT2D eigenvalue weighted by atomic mass is 9.72. The van der Waals surface area contributed by atoms with Crippen LogP contribution in [0.15, 0.2) is 41.5 Å². The molecule has 1 aromatic carbocycles. The Kier molecular flexibility index (Phi) is 4.03. The number of hydrogen-bond acceptors (Lipinski definition) is 3. The number of rotatable bonds is 2. The summed E-state index contributed by atoms with van der Waals surface area (Å²) in [6.45, 7) is 7.54. The van der Waals surface area contributed by atoms with Gasteiger partial charge in [-0.15, -0.1) is 11.3 Å². The van der Waals surface area contributed by atoms with Gasteiger partial charge in [-0.1, -0.05) is 51.1 Å². The first kappa shape index (κ1) is 16.5. The van der Waals surface area contributed by atoms with Crippen LogP contribution in [-0.4, -0.2) is 9.55 Å². The van der Waals surface area contributed by atoms with Crippen LogP contribution in [-0.2, 0) is 19.4 Å². The molecule has 3 nitrogen and oxygen atoms in total. The summed E-state index contributed by atoms with van der Waals surface area (Å²) in [4.78, 5) is 20.0. The maximum atomic E-state index is 13.1. The Hall–Kier alpha value is -1.94. The van der Waals surface area contributed by atoms with Crippen LogP contribution in [0.5, 0.6) is 0 Å². The van der Waals surface area contributed by atoms with Crippen molar-refractivity contribution in [1.29, 1.82) is 0 Å². The Morgan fingerprint density at radius 2 is 2.00 bits per heavy atom. The van der Waals surface area contributed by atoms with E-state index in [-0.39, 0.29) is 5.56 Å². The second-order valence-corrected chi connectivity index (χ2v) is 9.24. The van der Waals surface area contributed by atoms with E-state index < -0.39 is 0 Å². The maximum Gasteiger partial charge on any atom is 0.262 e. The lowest BCUT2D eigenvalue weighted by molar-refractivity contribution is 0.218. The van der Waals surface area contributed by atoms with Crippen LogP contribution in [0.4, 0.5) is 0 Å². The molecule has 0 amide bonds. The van der Waals surface area contributed by atoms with Gasteiger partial charge in [-0.25, -0.2) is 4.98 Å². The van der Waals surface area contributed by atoms with E-state index in [1.165, 1.54) is 10.4 Å². The van der Waals surface area contributed by atoms with Crippen molar-refractivity contribution in [2.24, 2.45) is 11.3 Å². The molecule has 0 N–H and O–H groups in total. The molecule has 3 aromatic rings. The molecule has 1 aliphatic carbocycles. The smallest absolute Gasteiger partial charge is 0.262 e. The number of thiophene rings is 1. The van der Waals surface area contributed by atoms with Crippen LogP contribution in [0.1, 0.15) is 43.2 Å². The number of benzene rings is 1. The summed E-state index contributed by atoms with van der Waals surface area (Å²) in [5, 5.41) is 0.866. The highest BCUT2D eigenvalue weighted by Gasteiger charge is 2.31. The molecule has 0 unspecified atom stereocenters. The van der Waals surface area contributed by atoms with Crippen molar-refractivity contribution in [3.63, 3.8) is 0 Å². The monoisotopic (exact) mass is 352 g/mol. The SMILES string of the molecule is CC(C)(C)[C@@H]1CCc2c(sc3ncn(Cc4ccccc4)c(=O)c23)C1. The second kappa shape index (κ2) is 6.10. The molecule has 4 heteroatoms. The summed E-state index contributed by atoms with van der Waals surface area (Å²) in [5.41, 5.74) is 2.82.